The molecule has 0 bridgehead atoms. The van der Waals surface area contributed by atoms with Gasteiger partial charge in [0.05, 0.1) is 6.61 Å². The van der Waals surface area contributed by atoms with Crippen LogP contribution in [0.25, 0.3) is 0 Å². The molecule has 0 radical (unpaired) electrons. The summed E-state index contributed by atoms with van der Waals surface area (Å²) in [6.45, 7) is 12.9. The van der Waals surface area contributed by atoms with Gasteiger partial charge >= 0.3 is 57.4 Å². The quantitative estimate of drug-likeness (QED) is 0.0200. The van der Waals surface area contributed by atoms with Crippen LogP contribution in [0.1, 0.15) is 85.5 Å². The van der Waals surface area contributed by atoms with E-state index in [1.165, 1.54) is 0 Å². The van der Waals surface area contributed by atoms with Crippen molar-refractivity contribution in [1.29, 1.82) is 0 Å². The average molecular weight is 1160 g/mol. The molecular weight excluding hydrogens is 1080 g/mol. The van der Waals surface area contributed by atoms with E-state index in [4.69, 9.17) is 39.8 Å². The van der Waals surface area contributed by atoms with Crippen LogP contribution < -0.4 is 10.6 Å². The van der Waals surface area contributed by atoms with Crippen molar-refractivity contribution in [3.05, 3.63) is 25.3 Å². The van der Waals surface area contributed by atoms with Gasteiger partial charge in [0.25, 0.3) is 0 Å². The third-order valence-corrected chi connectivity index (χ3v) is 18.1. The number of nitrogens with one attached hydrogen (secondary N) is 2. The third kappa shape index (κ3) is 25.1. The zero-order valence-corrected chi connectivity index (χ0v) is 48.0. The van der Waals surface area contributed by atoms with E-state index in [2.05, 4.69) is 33.3 Å². The zero-order valence-electron chi connectivity index (χ0n) is 44.8. The van der Waals surface area contributed by atoms with E-state index in [1.807, 2.05) is 13.8 Å². The number of Topliss-reactive ketones (excluding diaryl/α,β-unsaturated/α-hetero) is 2. The van der Waals surface area contributed by atoms with Crippen LogP contribution in [0.4, 0.5) is 48.3 Å². The van der Waals surface area contributed by atoms with Gasteiger partial charge in [-0.15, -0.1) is 26.3 Å². The van der Waals surface area contributed by atoms with E-state index in [0.717, 1.165) is 6.42 Å². The van der Waals surface area contributed by atoms with Crippen molar-refractivity contribution in [3.8, 4) is 0 Å². The molecule has 0 aliphatic carbocycles. The minimum absolute atomic E-state index is 0.0311. The van der Waals surface area contributed by atoms with Crippen LogP contribution >= 0.6 is 0 Å². The van der Waals surface area contributed by atoms with Gasteiger partial charge in [-0.1, -0.05) is 26.0 Å². The number of hydrogen-bond acceptors (Lipinski definition) is 15. The summed E-state index contributed by atoms with van der Waals surface area (Å²) in [5.41, 5.74) is -1.97. The van der Waals surface area contributed by atoms with E-state index < -0.39 is 81.2 Å². The number of ketones is 2. The zero-order chi connectivity index (χ0) is 58.9. The molecule has 2 N–H and O–H groups in total. The number of methoxy groups -OCH3 is 1. The summed E-state index contributed by atoms with van der Waals surface area (Å²) in [6.07, 6.45) is -6.46. The first kappa shape index (κ1) is 77.7. The van der Waals surface area contributed by atoms with Crippen molar-refractivity contribution in [3.63, 3.8) is 0 Å². The molecule has 74 heavy (non-hydrogen) atoms. The molecule has 0 heterocycles. The number of allylic oxidation sites excluding steroid dienone is 1. The van der Waals surface area contributed by atoms with Gasteiger partial charge in [0.2, 0.25) is 11.8 Å². The Balaban J connectivity index is -0.000000485. The smallest absolute Gasteiger partial charge is 0.379 e. The molecule has 0 aliphatic rings. The van der Waals surface area contributed by atoms with E-state index in [1.54, 1.807) is 90.0 Å². The fourth-order valence-corrected chi connectivity index (χ4v) is 9.93. The average Bonchev–Trinajstić information content (AvgIpc) is 3.37. The predicted molar refractivity (Wildman–Crippen MR) is 256 cm³/mol. The van der Waals surface area contributed by atoms with Gasteiger partial charge in [-0.05, 0) is 52.4 Å². The molecule has 2 amide bonds. The van der Waals surface area contributed by atoms with Crippen molar-refractivity contribution in [1.82, 2.24) is 10.6 Å². The van der Waals surface area contributed by atoms with Crippen molar-refractivity contribution < 1.29 is 117 Å². The lowest BCUT2D eigenvalue weighted by atomic mass is 9.80. The molecule has 0 fully saturated rings. The maximum atomic E-state index is 12.9. The van der Waals surface area contributed by atoms with Crippen LogP contribution in [-0.4, -0.2) is 172 Å². The third-order valence-electron chi connectivity index (χ3n) is 11.3. The highest BCUT2D eigenvalue weighted by Gasteiger charge is 2.81. The Labute approximate surface area is 431 Å². The second-order valence-corrected chi connectivity index (χ2v) is 24.0. The second kappa shape index (κ2) is 37.1. The Bertz CT molecular complexity index is 1530. The number of amides is 2. The number of carbonyl (C=O) groups is 4. The van der Waals surface area contributed by atoms with Gasteiger partial charge in [0.15, 0.2) is 0 Å². The summed E-state index contributed by atoms with van der Waals surface area (Å²) in [5, 5.41) is 5.56. The van der Waals surface area contributed by atoms with Crippen molar-refractivity contribution in [2.75, 3.05) is 90.8 Å². The van der Waals surface area contributed by atoms with E-state index >= 15 is 0 Å². The molecule has 0 rings (SSSR count). The lowest BCUT2D eigenvalue weighted by molar-refractivity contribution is -0.424. The molecule has 0 aromatic carbocycles. The fourth-order valence-electron chi connectivity index (χ4n) is 5.84. The minimum Gasteiger partial charge on any atom is -0.379 e. The lowest BCUT2D eigenvalue weighted by Crippen LogP contribution is -2.62. The van der Waals surface area contributed by atoms with Crippen LogP contribution in [0.5, 0.6) is 0 Å². The predicted octanol–water partition coefficient (Wildman–Crippen LogP) is 8.35. The molecule has 0 saturated carbocycles. The fraction of sp³-hybridized carbons (Fsp3) is 0.814. The number of hydrogen-bond donors (Lipinski definition) is 2. The molecule has 440 valence electrons. The Morgan fingerprint density at radius 2 is 0.973 bits per heavy atom. The van der Waals surface area contributed by atoms with Crippen LogP contribution in [0.2, 0.25) is 12.1 Å². The molecule has 0 aromatic heterocycles. The van der Waals surface area contributed by atoms with Crippen molar-refractivity contribution >= 4 is 50.5 Å². The SMILES string of the molecule is C=CCCC(=O)C(C)(CC)C(=O)NCC=C.CCC(C)(C(=O)CCCC[Si](OC)(OC)OC)C(=O)NCCC[Si](OC)(OC)OC.COC(F)(F)C(F)(F)C(F)(F)C(F)(F)CCOC(F)(F)F.CO[SiH](OC)OC. The molecule has 31 heteroatoms. The largest absolute Gasteiger partial charge is 0.522 e. The van der Waals surface area contributed by atoms with Gasteiger partial charge in [-0.3, -0.25) is 23.9 Å². The molecule has 0 saturated heterocycles. The Morgan fingerprint density at radius 3 is 1.31 bits per heavy atom. The maximum Gasteiger partial charge on any atom is 0.522 e. The number of rotatable bonds is 36. The normalized spacial score (nSPS) is 14.1. The second-order valence-electron chi connectivity index (χ2n) is 15.8. The van der Waals surface area contributed by atoms with E-state index in [0.29, 0.717) is 70.1 Å². The van der Waals surface area contributed by atoms with Gasteiger partial charge in [-0.25, -0.2) is 0 Å². The number of carbonyl (C=O) groups excluding carboxylic acids is 4. The minimum atomic E-state index is -6.69. The van der Waals surface area contributed by atoms with Crippen LogP contribution in [0, 0.1) is 10.8 Å². The molecule has 0 aromatic rings. The molecular formula is C43H79F11N2O15Si3. The summed E-state index contributed by atoms with van der Waals surface area (Å²) < 4.78 is 188. The molecule has 17 nitrogen and oxygen atoms in total. The first-order chi connectivity index (χ1) is 34.1. The number of ether oxygens (including phenoxy) is 2. The van der Waals surface area contributed by atoms with Crippen molar-refractivity contribution in [2.45, 2.75) is 128 Å². The highest BCUT2D eigenvalue weighted by Crippen LogP contribution is 2.53. The first-order valence-corrected chi connectivity index (χ1v) is 27.9. The number of unbranched alkanes of at least 4 members (excludes halogenated alkanes) is 1. The Kier molecular flexibility index (Phi) is 38.9. The molecule has 2 unspecified atom stereocenters. The van der Waals surface area contributed by atoms with Gasteiger partial charge in [0.1, 0.15) is 22.4 Å². The maximum absolute atomic E-state index is 12.9. The Morgan fingerprint density at radius 1 is 0.568 bits per heavy atom. The standard InChI is InChI=1S/C19H41NO8Si2.C13H21NO2.C8H7F11O2.C3H10O3Si/c1-9-19(2,17(21)13-10-11-15-29(23-3,24-4)25-5)18(22)20-14-12-16-30(26-6,27-7)28-8;1-5-8-9-11(15)13(4,7-3)12(16)14-10-6-2;1-20-7(15,16)6(13,14)5(11,12)4(9,10)2-3-21-8(17,18)19;1-4-7(5-2)6-3/h9-16H2,1-8H3,(H,20,22);5-6H,1-2,7-10H2,3-4H3,(H,14,16);2-3H2,1H3;7H,1-3H3. The Hall–Kier alpha value is -2.80. The van der Waals surface area contributed by atoms with Crippen LogP contribution in [-0.2, 0) is 68.5 Å². The molecule has 2 atom stereocenters. The lowest BCUT2D eigenvalue weighted by Gasteiger charge is -2.35. The summed E-state index contributed by atoms with van der Waals surface area (Å²) in [5.74, 6) is -19.8. The highest BCUT2D eigenvalue weighted by molar-refractivity contribution is 6.60. The van der Waals surface area contributed by atoms with Crippen LogP contribution in [0.3, 0.4) is 0 Å². The van der Waals surface area contributed by atoms with Crippen molar-refractivity contribution in [2.24, 2.45) is 10.8 Å². The highest BCUT2D eigenvalue weighted by atomic mass is 28.4. The summed E-state index contributed by atoms with van der Waals surface area (Å²) >= 11 is 0. The molecule has 0 spiro atoms. The number of alkyl halides is 11. The summed E-state index contributed by atoms with van der Waals surface area (Å²) in [6, 6.07) is 1.21. The monoisotopic (exact) mass is 1160 g/mol. The van der Waals surface area contributed by atoms with E-state index in [-0.39, 0.29) is 30.5 Å². The summed E-state index contributed by atoms with van der Waals surface area (Å²) in [4.78, 5) is 49.3. The number of halogens is 11. The van der Waals surface area contributed by atoms with Gasteiger partial charge < -0.3 is 55.2 Å². The summed E-state index contributed by atoms with van der Waals surface area (Å²) in [7, 11) is 7.00. The molecule has 0 aliphatic heterocycles. The first-order valence-electron chi connectivity index (χ1n) is 22.6. The van der Waals surface area contributed by atoms with Gasteiger partial charge in [-0.2, -0.15) is 35.1 Å². The van der Waals surface area contributed by atoms with Crippen LogP contribution in [0.15, 0.2) is 25.3 Å². The topological polar surface area (TPSA) is 194 Å². The van der Waals surface area contributed by atoms with E-state index in [9.17, 15) is 67.5 Å². The van der Waals surface area contributed by atoms with Gasteiger partial charge in [0, 0.05) is 116 Å².